The van der Waals surface area contributed by atoms with Gasteiger partial charge in [-0.25, -0.2) is 0 Å². The van der Waals surface area contributed by atoms with E-state index in [1.165, 1.54) is 0 Å². The Morgan fingerprint density at radius 3 is 2.50 bits per heavy atom. The fourth-order valence-corrected chi connectivity index (χ4v) is 2.38. The third-order valence-electron chi connectivity index (χ3n) is 3.39. The van der Waals surface area contributed by atoms with Gasteiger partial charge in [-0.05, 0) is 24.8 Å². The SMILES string of the molecule is Cc1cc(NC(=O)C[C@@H](CC(=O)[O-])c2ccccc2)n(C)n1. The van der Waals surface area contributed by atoms with Gasteiger partial charge in [0.05, 0.1) is 5.69 Å². The molecular formula is C16H18N3O3-. The molecule has 0 radical (unpaired) electrons. The monoisotopic (exact) mass is 300 g/mol. The van der Waals surface area contributed by atoms with Crippen molar-refractivity contribution in [1.29, 1.82) is 0 Å². The van der Waals surface area contributed by atoms with Crippen LogP contribution in [0.1, 0.15) is 30.0 Å². The van der Waals surface area contributed by atoms with E-state index < -0.39 is 11.9 Å². The molecule has 0 spiro atoms. The predicted molar refractivity (Wildman–Crippen MR) is 80.0 cm³/mol. The van der Waals surface area contributed by atoms with Crippen LogP contribution < -0.4 is 10.4 Å². The summed E-state index contributed by atoms with van der Waals surface area (Å²) in [4.78, 5) is 23.1. The van der Waals surface area contributed by atoms with Crippen LogP contribution in [-0.2, 0) is 16.6 Å². The number of hydrogen-bond donors (Lipinski definition) is 1. The minimum Gasteiger partial charge on any atom is -0.550 e. The van der Waals surface area contributed by atoms with Crippen molar-refractivity contribution < 1.29 is 14.7 Å². The lowest BCUT2D eigenvalue weighted by Gasteiger charge is -2.17. The van der Waals surface area contributed by atoms with E-state index in [-0.39, 0.29) is 18.7 Å². The fraction of sp³-hybridized carbons (Fsp3) is 0.312. The number of aryl methyl sites for hydroxylation is 2. The third-order valence-corrected chi connectivity index (χ3v) is 3.39. The zero-order chi connectivity index (χ0) is 16.1. The van der Waals surface area contributed by atoms with Crippen LogP contribution in [-0.4, -0.2) is 21.7 Å². The molecule has 0 saturated heterocycles. The molecule has 1 N–H and O–H groups in total. The van der Waals surface area contributed by atoms with Crippen LogP contribution in [0.4, 0.5) is 5.82 Å². The molecule has 1 heterocycles. The zero-order valence-electron chi connectivity index (χ0n) is 12.6. The largest absolute Gasteiger partial charge is 0.550 e. The van der Waals surface area contributed by atoms with Crippen molar-refractivity contribution in [1.82, 2.24) is 9.78 Å². The normalized spacial score (nSPS) is 11.9. The summed E-state index contributed by atoms with van der Waals surface area (Å²) < 4.78 is 1.57. The summed E-state index contributed by atoms with van der Waals surface area (Å²) in [7, 11) is 1.73. The summed E-state index contributed by atoms with van der Waals surface area (Å²) in [6.45, 7) is 1.83. The van der Waals surface area contributed by atoms with Crippen LogP contribution in [0.25, 0.3) is 0 Å². The van der Waals surface area contributed by atoms with Crippen LogP contribution in [0.15, 0.2) is 36.4 Å². The Morgan fingerprint density at radius 1 is 1.27 bits per heavy atom. The first-order chi connectivity index (χ1) is 10.5. The Kier molecular flexibility index (Phi) is 4.93. The van der Waals surface area contributed by atoms with Gasteiger partial charge in [-0.15, -0.1) is 0 Å². The molecule has 6 heteroatoms. The van der Waals surface area contributed by atoms with E-state index in [0.29, 0.717) is 5.82 Å². The molecule has 0 aliphatic carbocycles. The second kappa shape index (κ2) is 6.89. The highest BCUT2D eigenvalue weighted by Gasteiger charge is 2.17. The Morgan fingerprint density at radius 2 is 1.95 bits per heavy atom. The van der Waals surface area contributed by atoms with Gasteiger partial charge in [0, 0.05) is 25.5 Å². The first kappa shape index (κ1) is 15.8. The summed E-state index contributed by atoms with van der Waals surface area (Å²) in [6, 6.07) is 10.9. The van der Waals surface area contributed by atoms with Crippen molar-refractivity contribution in [3.05, 3.63) is 47.7 Å². The molecule has 1 atom stereocenters. The number of amides is 1. The van der Waals surface area contributed by atoms with Gasteiger partial charge in [0.15, 0.2) is 0 Å². The quantitative estimate of drug-likeness (QED) is 0.861. The van der Waals surface area contributed by atoms with Gasteiger partial charge in [-0.1, -0.05) is 30.3 Å². The van der Waals surface area contributed by atoms with Crippen molar-refractivity contribution >= 4 is 17.7 Å². The van der Waals surface area contributed by atoms with Crippen LogP contribution in [0, 0.1) is 6.92 Å². The van der Waals surface area contributed by atoms with Crippen molar-refractivity contribution in [2.45, 2.75) is 25.7 Å². The fourth-order valence-electron chi connectivity index (χ4n) is 2.38. The minimum atomic E-state index is -1.17. The average molecular weight is 300 g/mol. The van der Waals surface area contributed by atoms with E-state index in [4.69, 9.17) is 0 Å². The van der Waals surface area contributed by atoms with Crippen LogP contribution in [0.2, 0.25) is 0 Å². The molecule has 2 rings (SSSR count). The molecule has 1 amide bonds. The molecule has 116 valence electrons. The first-order valence-electron chi connectivity index (χ1n) is 7.01. The Labute approximate surface area is 128 Å². The van der Waals surface area contributed by atoms with Gasteiger partial charge in [-0.2, -0.15) is 5.10 Å². The van der Waals surface area contributed by atoms with Gasteiger partial charge in [-0.3, -0.25) is 9.48 Å². The van der Waals surface area contributed by atoms with Gasteiger partial charge in [0.25, 0.3) is 0 Å². The molecule has 0 aliphatic heterocycles. The van der Waals surface area contributed by atoms with Crippen molar-refractivity contribution in [2.75, 3.05) is 5.32 Å². The van der Waals surface area contributed by atoms with E-state index in [1.54, 1.807) is 17.8 Å². The standard InChI is InChI=1S/C16H19N3O3/c1-11-8-14(19(2)18-11)17-15(20)9-13(10-16(21)22)12-6-4-3-5-7-12/h3-8,13H,9-10H2,1-2H3,(H,17,20)(H,21,22)/p-1/t13-/m0/s1. The maximum atomic E-state index is 12.2. The topological polar surface area (TPSA) is 87.0 Å². The number of rotatable bonds is 6. The molecule has 0 unspecified atom stereocenters. The summed E-state index contributed by atoms with van der Waals surface area (Å²) in [5.41, 5.74) is 1.61. The molecule has 1 aromatic carbocycles. The molecule has 0 aliphatic rings. The lowest BCUT2D eigenvalue weighted by molar-refractivity contribution is -0.306. The number of carbonyl (C=O) groups is 2. The maximum Gasteiger partial charge on any atom is 0.226 e. The molecule has 2 aromatic rings. The number of aromatic nitrogens is 2. The summed E-state index contributed by atoms with van der Waals surface area (Å²) in [6.07, 6.45) is -0.121. The van der Waals surface area contributed by atoms with Gasteiger partial charge in [0.1, 0.15) is 5.82 Å². The molecule has 1 aromatic heterocycles. The molecule has 0 saturated carbocycles. The highest BCUT2D eigenvalue weighted by Crippen LogP contribution is 2.23. The predicted octanol–water partition coefficient (Wildman–Crippen LogP) is 0.981. The molecule has 22 heavy (non-hydrogen) atoms. The summed E-state index contributed by atoms with van der Waals surface area (Å²) >= 11 is 0. The summed E-state index contributed by atoms with van der Waals surface area (Å²) in [5, 5.41) is 17.8. The smallest absolute Gasteiger partial charge is 0.226 e. The van der Waals surface area contributed by atoms with E-state index >= 15 is 0 Å². The average Bonchev–Trinajstić information content (AvgIpc) is 2.76. The first-order valence-corrected chi connectivity index (χ1v) is 7.01. The number of benzene rings is 1. The molecule has 0 fully saturated rings. The number of nitrogens with one attached hydrogen (secondary N) is 1. The zero-order valence-corrected chi connectivity index (χ0v) is 12.6. The van der Waals surface area contributed by atoms with E-state index in [2.05, 4.69) is 10.4 Å². The number of aliphatic carboxylic acids is 1. The number of nitrogens with zero attached hydrogens (tertiary/aromatic N) is 2. The van der Waals surface area contributed by atoms with Crippen LogP contribution >= 0.6 is 0 Å². The number of carboxylic acids is 1. The van der Waals surface area contributed by atoms with Gasteiger partial charge >= 0.3 is 0 Å². The molecule has 6 nitrogen and oxygen atoms in total. The van der Waals surface area contributed by atoms with Gasteiger partial charge < -0.3 is 15.2 Å². The number of hydrogen-bond acceptors (Lipinski definition) is 4. The Bertz CT molecular complexity index is 665. The minimum absolute atomic E-state index is 0.0716. The molecule has 0 bridgehead atoms. The van der Waals surface area contributed by atoms with Crippen LogP contribution in [0.3, 0.4) is 0 Å². The number of anilines is 1. The maximum absolute atomic E-state index is 12.2. The van der Waals surface area contributed by atoms with E-state index in [1.807, 2.05) is 37.3 Å². The Balaban J connectivity index is 2.08. The number of carbonyl (C=O) groups excluding carboxylic acids is 2. The second-order valence-electron chi connectivity index (χ2n) is 5.23. The third kappa shape index (κ3) is 4.18. The van der Waals surface area contributed by atoms with Gasteiger partial charge in [0.2, 0.25) is 5.91 Å². The molecular weight excluding hydrogens is 282 g/mol. The lowest BCUT2D eigenvalue weighted by atomic mass is 9.92. The number of carboxylic acid groups (broad SMARTS) is 1. The second-order valence-corrected chi connectivity index (χ2v) is 5.23. The highest BCUT2D eigenvalue weighted by molar-refractivity contribution is 5.90. The van der Waals surface area contributed by atoms with Crippen molar-refractivity contribution in [3.63, 3.8) is 0 Å². The van der Waals surface area contributed by atoms with Crippen molar-refractivity contribution in [3.8, 4) is 0 Å². The van der Waals surface area contributed by atoms with E-state index in [0.717, 1.165) is 11.3 Å². The van der Waals surface area contributed by atoms with Crippen LogP contribution in [0.5, 0.6) is 0 Å². The summed E-state index contributed by atoms with van der Waals surface area (Å²) in [5.74, 6) is -1.25. The van der Waals surface area contributed by atoms with Crippen molar-refractivity contribution in [2.24, 2.45) is 7.05 Å². The Hall–Kier alpha value is -2.63. The van der Waals surface area contributed by atoms with E-state index in [9.17, 15) is 14.7 Å². The lowest BCUT2D eigenvalue weighted by Crippen LogP contribution is -2.26. The highest BCUT2D eigenvalue weighted by atomic mass is 16.4.